The van der Waals surface area contributed by atoms with Crippen molar-refractivity contribution in [1.82, 2.24) is 4.98 Å². The highest BCUT2D eigenvalue weighted by molar-refractivity contribution is 9.10. The molecule has 0 aliphatic carbocycles. The van der Waals surface area contributed by atoms with Gasteiger partial charge >= 0.3 is 0 Å². The third kappa shape index (κ3) is 2.74. The molecule has 100 valence electrons. The van der Waals surface area contributed by atoms with Crippen LogP contribution in [-0.4, -0.2) is 17.2 Å². The lowest BCUT2D eigenvalue weighted by Crippen LogP contribution is -2.09. The first-order valence-electron chi connectivity index (χ1n) is 5.36. The van der Waals surface area contributed by atoms with Crippen LogP contribution in [0.3, 0.4) is 0 Å². The summed E-state index contributed by atoms with van der Waals surface area (Å²) in [4.78, 5) is 3.91. The topological polar surface area (TPSA) is 42.4 Å². The first-order valence-corrected chi connectivity index (χ1v) is 6.15. The van der Waals surface area contributed by atoms with Crippen molar-refractivity contribution >= 4 is 15.9 Å². The lowest BCUT2D eigenvalue weighted by Gasteiger charge is -2.15. The number of hydrogen-bond donors (Lipinski definition) is 1. The van der Waals surface area contributed by atoms with Crippen molar-refractivity contribution in [2.45, 2.75) is 6.10 Å². The first-order chi connectivity index (χ1) is 9.04. The molecule has 0 saturated carbocycles. The molecule has 0 spiro atoms. The summed E-state index contributed by atoms with van der Waals surface area (Å²) in [5.74, 6) is -1.45. The quantitative estimate of drug-likeness (QED) is 0.940. The number of ether oxygens (including phenoxy) is 1. The van der Waals surface area contributed by atoms with E-state index in [0.29, 0.717) is 0 Å². The maximum absolute atomic E-state index is 13.8. The fraction of sp³-hybridized carbons (Fsp3) is 0.154. The maximum Gasteiger partial charge on any atom is 0.143 e. The Labute approximate surface area is 117 Å². The minimum atomic E-state index is -1.54. The van der Waals surface area contributed by atoms with Gasteiger partial charge in [-0.2, -0.15) is 0 Å². The number of nitrogens with zero attached hydrogens (tertiary/aromatic N) is 1. The minimum Gasteiger partial charge on any atom is -0.495 e. The molecule has 0 saturated heterocycles. The van der Waals surface area contributed by atoms with Crippen molar-refractivity contribution in [3.63, 3.8) is 0 Å². The van der Waals surface area contributed by atoms with Crippen molar-refractivity contribution < 1.29 is 18.6 Å². The predicted octanol–water partition coefficient (Wildman–Crippen LogP) is 3.21. The molecule has 1 aromatic carbocycles. The van der Waals surface area contributed by atoms with E-state index >= 15 is 0 Å². The van der Waals surface area contributed by atoms with Gasteiger partial charge in [0.1, 0.15) is 29.2 Å². The van der Waals surface area contributed by atoms with Crippen LogP contribution in [-0.2, 0) is 0 Å². The summed E-state index contributed by atoms with van der Waals surface area (Å²) in [6, 6.07) is 5.32. The zero-order valence-electron chi connectivity index (χ0n) is 9.90. The van der Waals surface area contributed by atoms with Gasteiger partial charge in [-0.1, -0.05) is 15.9 Å². The number of aliphatic hydroxyl groups excluding tert-OH is 1. The summed E-state index contributed by atoms with van der Waals surface area (Å²) >= 11 is 2.98. The van der Waals surface area contributed by atoms with Gasteiger partial charge in [0.05, 0.1) is 12.7 Å². The fourth-order valence-electron chi connectivity index (χ4n) is 1.73. The van der Waals surface area contributed by atoms with Gasteiger partial charge in [0.2, 0.25) is 0 Å². The third-order valence-electron chi connectivity index (χ3n) is 2.60. The van der Waals surface area contributed by atoms with E-state index in [4.69, 9.17) is 4.74 Å². The number of rotatable bonds is 3. The molecule has 1 N–H and O–H groups in total. The normalized spacial score (nSPS) is 12.3. The molecule has 6 heteroatoms. The van der Waals surface area contributed by atoms with Gasteiger partial charge < -0.3 is 9.84 Å². The maximum atomic E-state index is 13.8. The number of hydrogen-bond acceptors (Lipinski definition) is 3. The van der Waals surface area contributed by atoms with E-state index in [9.17, 15) is 13.9 Å². The van der Waals surface area contributed by atoms with Gasteiger partial charge in [-0.15, -0.1) is 0 Å². The van der Waals surface area contributed by atoms with Crippen LogP contribution in [0.15, 0.2) is 34.9 Å². The Morgan fingerprint density at radius 3 is 2.53 bits per heavy atom. The van der Waals surface area contributed by atoms with Gasteiger partial charge in [0, 0.05) is 10.7 Å². The summed E-state index contributed by atoms with van der Waals surface area (Å²) in [6.07, 6.45) is -0.125. The molecule has 0 aliphatic heterocycles. The Morgan fingerprint density at radius 2 is 1.95 bits per heavy atom. The van der Waals surface area contributed by atoms with Crippen molar-refractivity contribution in [3.8, 4) is 5.75 Å². The lowest BCUT2D eigenvalue weighted by molar-refractivity contribution is 0.198. The monoisotopic (exact) mass is 329 g/mol. The highest BCUT2D eigenvalue weighted by Crippen LogP contribution is 2.32. The number of methoxy groups -OCH3 is 1. The second-order valence-electron chi connectivity index (χ2n) is 3.78. The molecule has 0 bridgehead atoms. The van der Waals surface area contributed by atoms with E-state index < -0.39 is 23.3 Å². The molecule has 0 fully saturated rings. The fourth-order valence-corrected chi connectivity index (χ4v) is 2.13. The zero-order valence-corrected chi connectivity index (χ0v) is 11.5. The summed E-state index contributed by atoms with van der Waals surface area (Å²) in [5.41, 5.74) is -0.398. The van der Waals surface area contributed by atoms with E-state index in [2.05, 4.69) is 20.9 Å². The molecule has 1 atom stereocenters. The predicted molar refractivity (Wildman–Crippen MR) is 68.9 cm³/mol. The van der Waals surface area contributed by atoms with E-state index in [1.165, 1.54) is 13.3 Å². The highest BCUT2D eigenvalue weighted by atomic mass is 79.9. The minimum absolute atomic E-state index is 0.0603. The molecule has 0 radical (unpaired) electrons. The standard InChI is InChI=1S/C13H10BrF2NO2/c1-19-10-3-2-4-17-12(10)13(18)11-8(15)5-7(14)6-9(11)16/h2-6,13,18H,1H3. The average molecular weight is 330 g/mol. The van der Waals surface area contributed by atoms with Crippen LogP contribution < -0.4 is 4.74 Å². The second-order valence-corrected chi connectivity index (χ2v) is 4.69. The van der Waals surface area contributed by atoms with E-state index in [0.717, 1.165) is 12.1 Å². The summed E-state index contributed by atoms with van der Waals surface area (Å²) < 4.78 is 32.8. The molecule has 19 heavy (non-hydrogen) atoms. The van der Waals surface area contributed by atoms with Gasteiger partial charge in [-0.05, 0) is 24.3 Å². The van der Waals surface area contributed by atoms with Crippen LogP contribution in [0.1, 0.15) is 17.4 Å². The van der Waals surface area contributed by atoms with Gasteiger partial charge in [0.25, 0.3) is 0 Å². The first kappa shape index (κ1) is 13.9. The Kier molecular flexibility index (Phi) is 4.11. The van der Waals surface area contributed by atoms with Gasteiger partial charge in [-0.25, -0.2) is 8.78 Å². The van der Waals surface area contributed by atoms with Crippen molar-refractivity contribution in [2.75, 3.05) is 7.11 Å². The van der Waals surface area contributed by atoms with Crippen LogP contribution in [0, 0.1) is 11.6 Å². The SMILES string of the molecule is COc1cccnc1C(O)c1c(F)cc(Br)cc1F. The Balaban J connectivity index is 2.53. The van der Waals surface area contributed by atoms with Crippen LogP contribution in [0.25, 0.3) is 0 Å². The van der Waals surface area contributed by atoms with Crippen LogP contribution >= 0.6 is 15.9 Å². The number of aliphatic hydroxyl groups is 1. The number of benzene rings is 1. The lowest BCUT2D eigenvalue weighted by atomic mass is 10.0. The Hall–Kier alpha value is -1.53. The van der Waals surface area contributed by atoms with Crippen LogP contribution in [0.4, 0.5) is 8.78 Å². The summed E-state index contributed by atoms with van der Waals surface area (Å²) in [7, 11) is 1.39. The molecule has 2 rings (SSSR count). The summed E-state index contributed by atoms with van der Waals surface area (Å²) in [5, 5.41) is 10.1. The molecule has 0 aliphatic rings. The molecular weight excluding hydrogens is 320 g/mol. The third-order valence-corrected chi connectivity index (χ3v) is 3.05. The van der Waals surface area contributed by atoms with Crippen molar-refractivity contribution in [2.24, 2.45) is 0 Å². The van der Waals surface area contributed by atoms with Gasteiger partial charge in [0.15, 0.2) is 0 Å². The molecule has 0 amide bonds. The summed E-state index contributed by atoms with van der Waals surface area (Å²) in [6.45, 7) is 0. The molecule has 1 unspecified atom stereocenters. The molecule has 1 aromatic heterocycles. The van der Waals surface area contributed by atoms with E-state index in [1.807, 2.05) is 0 Å². The second kappa shape index (κ2) is 5.63. The van der Waals surface area contributed by atoms with Crippen LogP contribution in [0.2, 0.25) is 0 Å². The van der Waals surface area contributed by atoms with Gasteiger partial charge in [-0.3, -0.25) is 4.98 Å². The molecular formula is C13H10BrF2NO2. The molecule has 1 heterocycles. The largest absolute Gasteiger partial charge is 0.495 e. The van der Waals surface area contributed by atoms with E-state index in [1.54, 1.807) is 12.1 Å². The number of halogens is 3. The Morgan fingerprint density at radius 1 is 1.32 bits per heavy atom. The van der Waals surface area contributed by atoms with Crippen molar-refractivity contribution in [3.05, 3.63) is 57.8 Å². The number of aromatic nitrogens is 1. The molecule has 2 aromatic rings. The number of pyridine rings is 1. The van der Waals surface area contributed by atoms with Crippen molar-refractivity contribution in [1.29, 1.82) is 0 Å². The van der Waals surface area contributed by atoms with Crippen LogP contribution in [0.5, 0.6) is 5.75 Å². The Bertz CT molecular complexity index is 584. The molecule has 3 nitrogen and oxygen atoms in total. The zero-order chi connectivity index (χ0) is 14.0. The smallest absolute Gasteiger partial charge is 0.143 e. The van der Waals surface area contributed by atoms with E-state index in [-0.39, 0.29) is 15.9 Å². The highest BCUT2D eigenvalue weighted by Gasteiger charge is 2.24. The average Bonchev–Trinajstić information content (AvgIpc) is 2.37.